The highest BCUT2D eigenvalue weighted by Gasteiger charge is 2.18. The maximum absolute atomic E-state index is 11.9. The van der Waals surface area contributed by atoms with E-state index in [0.29, 0.717) is 5.69 Å². The first-order valence-electron chi connectivity index (χ1n) is 6.22. The first-order chi connectivity index (χ1) is 9.47. The highest BCUT2D eigenvalue weighted by Crippen LogP contribution is 2.15. The highest BCUT2D eigenvalue weighted by atomic mass is 16.5. The van der Waals surface area contributed by atoms with Crippen LogP contribution < -0.4 is 10.1 Å². The molecule has 0 aromatic heterocycles. The second kappa shape index (κ2) is 7.37. The van der Waals surface area contributed by atoms with Gasteiger partial charge in [0.25, 0.3) is 0 Å². The Hall–Kier alpha value is -2.24. The molecule has 0 radical (unpaired) electrons. The van der Waals surface area contributed by atoms with Gasteiger partial charge >= 0.3 is 12.0 Å². The van der Waals surface area contributed by atoms with Crippen LogP contribution in [0.15, 0.2) is 24.3 Å². The minimum Gasteiger partial charge on any atom is -0.497 e. The molecule has 1 aromatic carbocycles. The van der Waals surface area contributed by atoms with Gasteiger partial charge in [0.2, 0.25) is 0 Å². The molecule has 1 unspecified atom stereocenters. The van der Waals surface area contributed by atoms with Crippen LogP contribution in [-0.4, -0.2) is 44.7 Å². The average molecular weight is 280 g/mol. The van der Waals surface area contributed by atoms with E-state index in [2.05, 4.69) is 10.1 Å². The zero-order valence-corrected chi connectivity index (χ0v) is 12.2. The maximum Gasteiger partial charge on any atom is 0.321 e. The van der Waals surface area contributed by atoms with Crippen LogP contribution in [0.4, 0.5) is 10.5 Å². The molecule has 1 atom stereocenters. The molecule has 0 aliphatic heterocycles. The third kappa shape index (κ3) is 4.46. The van der Waals surface area contributed by atoms with Gasteiger partial charge < -0.3 is 19.7 Å². The number of anilines is 1. The summed E-state index contributed by atoms with van der Waals surface area (Å²) in [7, 11) is 4.53. The first-order valence-corrected chi connectivity index (χ1v) is 6.22. The van der Waals surface area contributed by atoms with Crippen LogP contribution >= 0.6 is 0 Å². The van der Waals surface area contributed by atoms with Crippen molar-refractivity contribution in [3.8, 4) is 5.75 Å². The number of carbonyl (C=O) groups excluding carboxylic acids is 2. The van der Waals surface area contributed by atoms with Crippen molar-refractivity contribution in [1.29, 1.82) is 0 Å². The number of amides is 2. The van der Waals surface area contributed by atoms with Crippen molar-refractivity contribution < 1.29 is 19.1 Å². The van der Waals surface area contributed by atoms with Crippen molar-refractivity contribution in [2.75, 3.05) is 33.1 Å². The second-order valence-electron chi connectivity index (χ2n) is 4.46. The summed E-state index contributed by atoms with van der Waals surface area (Å²) in [4.78, 5) is 24.7. The number of carbonyl (C=O) groups is 2. The van der Waals surface area contributed by atoms with Crippen LogP contribution in [0, 0.1) is 5.92 Å². The van der Waals surface area contributed by atoms with E-state index in [1.54, 1.807) is 45.3 Å². The van der Waals surface area contributed by atoms with E-state index in [-0.39, 0.29) is 24.5 Å². The molecule has 0 bridgehead atoms. The van der Waals surface area contributed by atoms with Gasteiger partial charge in [-0.1, -0.05) is 6.92 Å². The molecule has 6 heteroatoms. The monoisotopic (exact) mass is 280 g/mol. The number of benzene rings is 1. The summed E-state index contributed by atoms with van der Waals surface area (Å²) in [5, 5.41) is 2.73. The van der Waals surface area contributed by atoms with Crippen molar-refractivity contribution in [2.24, 2.45) is 5.92 Å². The fourth-order valence-corrected chi connectivity index (χ4v) is 1.66. The Morgan fingerprint density at radius 1 is 1.25 bits per heavy atom. The predicted molar refractivity (Wildman–Crippen MR) is 75.8 cm³/mol. The molecule has 6 nitrogen and oxygen atoms in total. The van der Waals surface area contributed by atoms with E-state index < -0.39 is 0 Å². The van der Waals surface area contributed by atoms with Crippen molar-refractivity contribution in [1.82, 2.24) is 4.90 Å². The topological polar surface area (TPSA) is 67.9 Å². The number of methoxy groups -OCH3 is 2. The molecular weight excluding hydrogens is 260 g/mol. The second-order valence-corrected chi connectivity index (χ2v) is 4.46. The van der Waals surface area contributed by atoms with Crippen LogP contribution in [0.1, 0.15) is 6.92 Å². The summed E-state index contributed by atoms with van der Waals surface area (Å²) in [6.07, 6.45) is 0. The molecule has 110 valence electrons. The summed E-state index contributed by atoms with van der Waals surface area (Å²) in [5.41, 5.74) is 0.661. The third-order valence-corrected chi connectivity index (χ3v) is 2.84. The number of ether oxygens (including phenoxy) is 2. The number of rotatable bonds is 5. The van der Waals surface area contributed by atoms with Crippen molar-refractivity contribution in [2.45, 2.75) is 6.92 Å². The van der Waals surface area contributed by atoms with Gasteiger partial charge in [0, 0.05) is 19.3 Å². The summed E-state index contributed by atoms with van der Waals surface area (Å²) < 4.78 is 9.66. The minimum absolute atomic E-state index is 0.286. The smallest absolute Gasteiger partial charge is 0.321 e. The SMILES string of the molecule is COC(=O)C(C)CN(C)C(=O)Nc1ccc(OC)cc1. The average Bonchev–Trinajstić information content (AvgIpc) is 2.46. The van der Waals surface area contributed by atoms with Crippen LogP contribution in [0.5, 0.6) is 5.75 Å². The van der Waals surface area contributed by atoms with Gasteiger partial charge in [-0.3, -0.25) is 4.79 Å². The summed E-state index contributed by atoms with van der Waals surface area (Å²) in [6.45, 7) is 2.00. The molecule has 1 rings (SSSR count). The van der Waals surface area contributed by atoms with Crippen LogP contribution in [0.3, 0.4) is 0 Å². The van der Waals surface area contributed by atoms with E-state index in [1.165, 1.54) is 12.0 Å². The van der Waals surface area contributed by atoms with Crippen LogP contribution in [-0.2, 0) is 9.53 Å². The lowest BCUT2D eigenvalue weighted by molar-refractivity contribution is -0.145. The quantitative estimate of drug-likeness (QED) is 0.837. The molecule has 0 heterocycles. The Kier molecular flexibility index (Phi) is 5.83. The fourth-order valence-electron chi connectivity index (χ4n) is 1.66. The Bertz CT molecular complexity index is 459. The van der Waals surface area contributed by atoms with Crippen LogP contribution in [0.2, 0.25) is 0 Å². The van der Waals surface area contributed by atoms with E-state index >= 15 is 0 Å². The number of nitrogens with one attached hydrogen (secondary N) is 1. The number of hydrogen-bond donors (Lipinski definition) is 1. The fraction of sp³-hybridized carbons (Fsp3) is 0.429. The minimum atomic E-state index is -0.369. The predicted octanol–water partition coefficient (Wildman–Crippen LogP) is 1.97. The van der Waals surface area contributed by atoms with Gasteiger partial charge in [-0.05, 0) is 24.3 Å². The zero-order valence-electron chi connectivity index (χ0n) is 12.2. The molecule has 0 aliphatic rings. The summed E-state index contributed by atoms with van der Waals surface area (Å²) in [5.74, 6) is 0.0105. The molecule has 0 saturated carbocycles. The molecule has 0 spiro atoms. The number of hydrogen-bond acceptors (Lipinski definition) is 4. The lowest BCUT2D eigenvalue weighted by Gasteiger charge is -2.20. The van der Waals surface area contributed by atoms with E-state index in [9.17, 15) is 9.59 Å². The molecule has 0 aliphatic carbocycles. The summed E-state index contributed by atoms with van der Waals surface area (Å²) in [6, 6.07) is 6.72. The molecule has 20 heavy (non-hydrogen) atoms. The normalized spacial score (nSPS) is 11.4. The summed E-state index contributed by atoms with van der Waals surface area (Å²) >= 11 is 0. The molecule has 0 saturated heterocycles. The number of urea groups is 1. The lowest BCUT2D eigenvalue weighted by Crippen LogP contribution is -2.36. The first kappa shape index (κ1) is 15.8. The number of nitrogens with zero attached hydrogens (tertiary/aromatic N) is 1. The number of esters is 1. The lowest BCUT2D eigenvalue weighted by atomic mass is 10.2. The van der Waals surface area contributed by atoms with Gasteiger partial charge in [-0.15, -0.1) is 0 Å². The largest absolute Gasteiger partial charge is 0.497 e. The Labute approximate surface area is 118 Å². The Morgan fingerprint density at radius 2 is 1.85 bits per heavy atom. The van der Waals surface area contributed by atoms with Gasteiger partial charge in [-0.2, -0.15) is 0 Å². The Balaban J connectivity index is 2.54. The molecule has 2 amide bonds. The van der Waals surface area contributed by atoms with Crippen LogP contribution in [0.25, 0.3) is 0 Å². The van der Waals surface area contributed by atoms with Gasteiger partial charge in [0.05, 0.1) is 20.1 Å². The van der Waals surface area contributed by atoms with E-state index in [0.717, 1.165) is 5.75 Å². The van der Waals surface area contributed by atoms with E-state index in [4.69, 9.17) is 4.74 Å². The van der Waals surface area contributed by atoms with Crippen molar-refractivity contribution >= 4 is 17.7 Å². The van der Waals surface area contributed by atoms with Crippen molar-refractivity contribution in [3.63, 3.8) is 0 Å². The Morgan fingerprint density at radius 3 is 2.35 bits per heavy atom. The zero-order chi connectivity index (χ0) is 15.1. The molecule has 0 fully saturated rings. The third-order valence-electron chi connectivity index (χ3n) is 2.84. The standard InChI is InChI=1S/C14H20N2O4/c1-10(13(17)20-4)9-16(2)14(18)15-11-5-7-12(19-3)8-6-11/h5-8,10H,9H2,1-4H3,(H,15,18). The maximum atomic E-state index is 11.9. The molecule has 1 N–H and O–H groups in total. The highest BCUT2D eigenvalue weighted by molar-refractivity contribution is 5.89. The van der Waals surface area contributed by atoms with Crippen molar-refractivity contribution in [3.05, 3.63) is 24.3 Å². The van der Waals surface area contributed by atoms with Gasteiger partial charge in [-0.25, -0.2) is 4.79 Å². The molecule has 1 aromatic rings. The van der Waals surface area contributed by atoms with Gasteiger partial charge in [0.15, 0.2) is 0 Å². The molecular formula is C14H20N2O4. The van der Waals surface area contributed by atoms with Gasteiger partial charge in [0.1, 0.15) is 5.75 Å². The van der Waals surface area contributed by atoms with E-state index in [1.807, 2.05) is 0 Å².